The number of carbonyl (C=O) groups is 2. The van der Waals surface area contributed by atoms with Gasteiger partial charge in [0.25, 0.3) is 0 Å². The molecule has 0 atom stereocenters. The van der Waals surface area contributed by atoms with E-state index in [1.807, 2.05) is 0 Å². The highest BCUT2D eigenvalue weighted by Crippen LogP contribution is 2.37. The highest BCUT2D eigenvalue weighted by Gasteiger charge is 2.39. The highest BCUT2D eigenvalue weighted by atomic mass is 16.5. The van der Waals surface area contributed by atoms with Crippen LogP contribution in [-0.4, -0.2) is 28.8 Å². The first kappa shape index (κ1) is 21.0. The molecule has 0 radical (unpaired) electrons. The standard InChI is InChI=1S/C20H30O5/c1-6-7-8-9-12-25-14-10-11-15(19(2,3)17(21)22)16(13-14)20(4,5)18(23)24/h10-11,13H,6-9,12H2,1-5H3,(H,21,22)(H,23,24). The smallest absolute Gasteiger partial charge is 0.313 e. The molecule has 0 saturated carbocycles. The van der Waals surface area contributed by atoms with Gasteiger partial charge in [0.05, 0.1) is 17.4 Å². The van der Waals surface area contributed by atoms with Gasteiger partial charge in [-0.15, -0.1) is 0 Å². The predicted molar refractivity (Wildman–Crippen MR) is 97.4 cm³/mol. The Hall–Kier alpha value is -2.04. The lowest BCUT2D eigenvalue weighted by Gasteiger charge is -2.30. The van der Waals surface area contributed by atoms with E-state index in [9.17, 15) is 19.8 Å². The zero-order valence-corrected chi connectivity index (χ0v) is 15.9. The number of hydrogen-bond acceptors (Lipinski definition) is 3. The summed E-state index contributed by atoms with van der Waals surface area (Å²) >= 11 is 0. The number of ether oxygens (including phenoxy) is 1. The van der Waals surface area contributed by atoms with E-state index < -0.39 is 22.8 Å². The lowest BCUT2D eigenvalue weighted by Crippen LogP contribution is -2.36. The van der Waals surface area contributed by atoms with Crippen molar-refractivity contribution in [3.8, 4) is 5.75 Å². The molecule has 1 aromatic carbocycles. The number of carboxylic acid groups (broad SMARTS) is 2. The fourth-order valence-corrected chi connectivity index (χ4v) is 2.62. The SMILES string of the molecule is CCCCCCOc1ccc(C(C)(C)C(=O)O)c(C(C)(C)C(=O)O)c1. The monoisotopic (exact) mass is 350 g/mol. The van der Waals surface area contributed by atoms with Crippen molar-refractivity contribution in [3.05, 3.63) is 29.3 Å². The third kappa shape index (κ3) is 4.97. The average Bonchev–Trinajstić information content (AvgIpc) is 2.54. The number of unbranched alkanes of at least 4 members (excludes halogenated alkanes) is 3. The van der Waals surface area contributed by atoms with Crippen molar-refractivity contribution in [1.82, 2.24) is 0 Å². The highest BCUT2D eigenvalue weighted by molar-refractivity contribution is 5.85. The summed E-state index contributed by atoms with van der Waals surface area (Å²) in [5.41, 5.74) is -1.45. The van der Waals surface area contributed by atoms with Gasteiger partial charge in [0.2, 0.25) is 0 Å². The van der Waals surface area contributed by atoms with E-state index in [1.165, 1.54) is 0 Å². The molecular weight excluding hydrogens is 320 g/mol. The summed E-state index contributed by atoms with van der Waals surface area (Å²) in [6.45, 7) is 9.03. The van der Waals surface area contributed by atoms with Crippen molar-refractivity contribution in [2.75, 3.05) is 6.61 Å². The lowest BCUT2D eigenvalue weighted by molar-refractivity contribution is -0.144. The second-order valence-electron chi connectivity index (χ2n) is 7.48. The molecule has 0 spiro atoms. The molecule has 1 rings (SSSR count). The third-order valence-corrected chi connectivity index (χ3v) is 4.67. The van der Waals surface area contributed by atoms with Gasteiger partial charge in [0.15, 0.2) is 0 Å². The molecule has 5 heteroatoms. The van der Waals surface area contributed by atoms with Crippen LogP contribution in [-0.2, 0) is 20.4 Å². The maximum Gasteiger partial charge on any atom is 0.313 e. The summed E-state index contributed by atoms with van der Waals surface area (Å²) < 4.78 is 5.76. The van der Waals surface area contributed by atoms with Crippen molar-refractivity contribution in [3.63, 3.8) is 0 Å². The van der Waals surface area contributed by atoms with Crippen LogP contribution < -0.4 is 4.74 Å². The van der Waals surface area contributed by atoms with E-state index in [0.717, 1.165) is 25.7 Å². The number of rotatable bonds is 10. The van der Waals surface area contributed by atoms with Gasteiger partial charge >= 0.3 is 11.9 Å². The minimum Gasteiger partial charge on any atom is -0.494 e. The van der Waals surface area contributed by atoms with Crippen molar-refractivity contribution >= 4 is 11.9 Å². The van der Waals surface area contributed by atoms with Gasteiger partial charge in [-0.2, -0.15) is 0 Å². The van der Waals surface area contributed by atoms with Crippen molar-refractivity contribution in [2.24, 2.45) is 0 Å². The van der Waals surface area contributed by atoms with Crippen LogP contribution in [0.15, 0.2) is 18.2 Å². The van der Waals surface area contributed by atoms with Gasteiger partial charge in [0.1, 0.15) is 5.75 Å². The Morgan fingerprint density at radius 2 is 1.48 bits per heavy atom. The normalized spacial score (nSPS) is 12.0. The van der Waals surface area contributed by atoms with Crippen molar-refractivity contribution in [1.29, 1.82) is 0 Å². The zero-order valence-electron chi connectivity index (χ0n) is 15.9. The maximum absolute atomic E-state index is 11.7. The quantitative estimate of drug-likeness (QED) is 0.612. The van der Waals surface area contributed by atoms with E-state index in [1.54, 1.807) is 45.9 Å². The van der Waals surface area contributed by atoms with E-state index in [4.69, 9.17) is 4.74 Å². The van der Waals surface area contributed by atoms with Crippen LogP contribution in [0.2, 0.25) is 0 Å². The molecule has 0 unspecified atom stereocenters. The van der Waals surface area contributed by atoms with Gasteiger partial charge in [-0.1, -0.05) is 32.3 Å². The second-order valence-corrected chi connectivity index (χ2v) is 7.48. The molecule has 0 aliphatic carbocycles. The zero-order chi connectivity index (χ0) is 19.3. The Kier molecular flexibility index (Phi) is 7.03. The molecule has 0 amide bonds. The fraction of sp³-hybridized carbons (Fsp3) is 0.600. The maximum atomic E-state index is 11.7. The van der Waals surface area contributed by atoms with Crippen LogP contribution in [0, 0.1) is 0 Å². The summed E-state index contributed by atoms with van der Waals surface area (Å²) in [6.07, 6.45) is 4.34. The third-order valence-electron chi connectivity index (χ3n) is 4.67. The molecule has 2 N–H and O–H groups in total. The van der Waals surface area contributed by atoms with Gasteiger partial charge in [0, 0.05) is 0 Å². The first-order valence-electron chi connectivity index (χ1n) is 8.79. The largest absolute Gasteiger partial charge is 0.494 e. The van der Waals surface area contributed by atoms with E-state index in [-0.39, 0.29) is 0 Å². The molecule has 0 bridgehead atoms. The molecule has 0 aliphatic rings. The van der Waals surface area contributed by atoms with Crippen LogP contribution in [0.3, 0.4) is 0 Å². The molecule has 0 aromatic heterocycles. The summed E-state index contributed by atoms with van der Waals surface area (Å²) in [5, 5.41) is 19.1. The molecule has 5 nitrogen and oxygen atoms in total. The van der Waals surface area contributed by atoms with Crippen LogP contribution in [0.1, 0.15) is 71.4 Å². The van der Waals surface area contributed by atoms with Gasteiger partial charge in [-0.25, -0.2) is 0 Å². The lowest BCUT2D eigenvalue weighted by atomic mass is 9.73. The van der Waals surface area contributed by atoms with Crippen molar-refractivity contribution in [2.45, 2.75) is 71.1 Å². The Labute approximate surface area is 150 Å². The molecule has 0 fully saturated rings. The molecule has 140 valence electrons. The first-order valence-corrected chi connectivity index (χ1v) is 8.79. The second kappa shape index (κ2) is 8.37. The summed E-state index contributed by atoms with van der Waals surface area (Å²) in [7, 11) is 0. The Balaban J connectivity index is 3.20. The number of aliphatic carboxylic acids is 2. The predicted octanol–water partition coefficient (Wildman–Crippen LogP) is 4.37. The van der Waals surface area contributed by atoms with Gasteiger partial charge < -0.3 is 14.9 Å². The van der Waals surface area contributed by atoms with E-state index >= 15 is 0 Å². The summed E-state index contributed by atoms with van der Waals surface area (Å²) in [5.74, 6) is -1.43. The van der Waals surface area contributed by atoms with E-state index in [2.05, 4.69) is 6.92 Å². The minimum absolute atomic E-state index is 0.471. The fourth-order valence-electron chi connectivity index (χ4n) is 2.62. The van der Waals surface area contributed by atoms with Gasteiger partial charge in [-0.3, -0.25) is 9.59 Å². The molecule has 0 heterocycles. The Morgan fingerprint density at radius 1 is 0.920 bits per heavy atom. The first-order chi connectivity index (χ1) is 11.5. The number of carboxylic acids is 2. The molecular formula is C20H30O5. The molecule has 1 aromatic rings. The average molecular weight is 350 g/mol. The van der Waals surface area contributed by atoms with E-state index in [0.29, 0.717) is 23.5 Å². The Bertz CT molecular complexity index is 617. The minimum atomic E-state index is -1.22. The Morgan fingerprint density at radius 3 is 2.00 bits per heavy atom. The van der Waals surface area contributed by atoms with Crippen LogP contribution in [0.25, 0.3) is 0 Å². The van der Waals surface area contributed by atoms with Crippen LogP contribution in [0.4, 0.5) is 0 Å². The van der Waals surface area contributed by atoms with Crippen LogP contribution in [0.5, 0.6) is 5.75 Å². The van der Waals surface area contributed by atoms with Crippen molar-refractivity contribution < 1.29 is 24.5 Å². The molecule has 0 saturated heterocycles. The molecule has 25 heavy (non-hydrogen) atoms. The summed E-state index contributed by atoms with van der Waals surface area (Å²) in [4.78, 5) is 23.4. The topological polar surface area (TPSA) is 83.8 Å². The number of benzene rings is 1. The summed E-state index contributed by atoms with van der Waals surface area (Å²) in [6, 6.07) is 5.07. The number of hydrogen-bond donors (Lipinski definition) is 2. The molecule has 0 aliphatic heterocycles. The van der Waals surface area contributed by atoms with Gasteiger partial charge in [-0.05, 0) is 57.4 Å². The van der Waals surface area contributed by atoms with Crippen LogP contribution >= 0.6 is 0 Å².